The Labute approximate surface area is 82.8 Å². The molecule has 4 heteroatoms. The van der Waals surface area contributed by atoms with Gasteiger partial charge in [0.15, 0.2) is 0 Å². The second-order valence-electron chi connectivity index (χ2n) is 3.07. The van der Waals surface area contributed by atoms with Crippen LogP contribution in [0.5, 0.6) is 0 Å². The van der Waals surface area contributed by atoms with Crippen molar-refractivity contribution in [3.63, 3.8) is 0 Å². The monoisotopic (exact) mass is 200 g/mol. The number of nitrogens with zero attached hydrogens (tertiary/aromatic N) is 1. The van der Waals surface area contributed by atoms with Crippen molar-refractivity contribution < 1.29 is 5.11 Å². The minimum Gasteiger partial charge on any atom is -0.396 e. The number of hydrogen-bond acceptors (Lipinski definition) is 4. The van der Waals surface area contributed by atoms with Gasteiger partial charge in [-0.1, -0.05) is 0 Å². The quantitative estimate of drug-likeness (QED) is 0.729. The standard InChI is InChI=1S/C9H16N2OS/c1-8(3-2-5-12)11-7-9-10-4-6-13-9/h4,6,8,11-12H,2-3,5,7H2,1H3. The first-order valence-electron chi connectivity index (χ1n) is 4.55. The lowest BCUT2D eigenvalue weighted by atomic mass is 10.2. The normalized spacial score (nSPS) is 13.1. The van der Waals surface area contributed by atoms with Crippen molar-refractivity contribution in [2.24, 2.45) is 0 Å². The van der Waals surface area contributed by atoms with Gasteiger partial charge in [0.05, 0.1) is 0 Å². The van der Waals surface area contributed by atoms with E-state index in [-0.39, 0.29) is 6.61 Å². The van der Waals surface area contributed by atoms with E-state index in [4.69, 9.17) is 5.11 Å². The van der Waals surface area contributed by atoms with Crippen LogP contribution in [0.1, 0.15) is 24.8 Å². The molecule has 0 bridgehead atoms. The van der Waals surface area contributed by atoms with E-state index in [1.54, 1.807) is 11.3 Å². The summed E-state index contributed by atoms with van der Waals surface area (Å²) in [5.41, 5.74) is 0. The molecule has 3 nitrogen and oxygen atoms in total. The predicted octanol–water partition coefficient (Wildman–Crippen LogP) is 1.39. The Morgan fingerprint density at radius 3 is 3.15 bits per heavy atom. The topological polar surface area (TPSA) is 45.1 Å². The lowest BCUT2D eigenvalue weighted by Gasteiger charge is -2.11. The van der Waals surface area contributed by atoms with E-state index in [1.807, 2.05) is 11.6 Å². The van der Waals surface area contributed by atoms with Crippen molar-refractivity contribution in [3.05, 3.63) is 16.6 Å². The molecule has 13 heavy (non-hydrogen) atoms. The molecule has 1 aromatic heterocycles. The molecule has 0 aromatic carbocycles. The van der Waals surface area contributed by atoms with Crippen LogP contribution in [0.15, 0.2) is 11.6 Å². The third kappa shape index (κ3) is 4.36. The van der Waals surface area contributed by atoms with E-state index in [9.17, 15) is 0 Å². The SMILES string of the molecule is CC(CCCO)NCc1nccs1. The lowest BCUT2D eigenvalue weighted by molar-refractivity contribution is 0.276. The molecular formula is C9H16N2OS. The maximum atomic E-state index is 8.63. The summed E-state index contributed by atoms with van der Waals surface area (Å²) in [4.78, 5) is 4.18. The summed E-state index contributed by atoms with van der Waals surface area (Å²) in [5.74, 6) is 0. The first-order valence-corrected chi connectivity index (χ1v) is 5.43. The smallest absolute Gasteiger partial charge is 0.106 e. The highest BCUT2D eigenvalue weighted by atomic mass is 32.1. The summed E-state index contributed by atoms with van der Waals surface area (Å²) in [6.07, 6.45) is 3.70. The van der Waals surface area contributed by atoms with Crippen molar-refractivity contribution in [2.45, 2.75) is 32.4 Å². The van der Waals surface area contributed by atoms with Gasteiger partial charge in [-0.3, -0.25) is 0 Å². The molecule has 0 aliphatic rings. The fraction of sp³-hybridized carbons (Fsp3) is 0.667. The zero-order valence-electron chi connectivity index (χ0n) is 7.86. The Bertz CT molecular complexity index is 213. The third-order valence-electron chi connectivity index (χ3n) is 1.88. The first-order chi connectivity index (χ1) is 6.33. The van der Waals surface area contributed by atoms with E-state index >= 15 is 0 Å². The third-order valence-corrected chi connectivity index (χ3v) is 2.66. The Hall–Kier alpha value is -0.450. The molecule has 1 atom stereocenters. The second kappa shape index (κ2) is 6.07. The van der Waals surface area contributed by atoms with Gasteiger partial charge in [-0.25, -0.2) is 4.98 Å². The summed E-state index contributed by atoms with van der Waals surface area (Å²) in [6.45, 7) is 3.25. The van der Waals surface area contributed by atoms with Gasteiger partial charge in [-0.15, -0.1) is 11.3 Å². The van der Waals surface area contributed by atoms with Crippen LogP contribution in [0.25, 0.3) is 0 Å². The summed E-state index contributed by atoms with van der Waals surface area (Å²) >= 11 is 1.67. The Morgan fingerprint density at radius 2 is 2.54 bits per heavy atom. The molecule has 0 aliphatic heterocycles. The average molecular weight is 200 g/mol. The molecule has 0 spiro atoms. The van der Waals surface area contributed by atoms with Crippen LogP contribution in [0.2, 0.25) is 0 Å². The van der Waals surface area contributed by atoms with Crippen LogP contribution in [0, 0.1) is 0 Å². The van der Waals surface area contributed by atoms with Crippen molar-refractivity contribution in [2.75, 3.05) is 6.61 Å². The predicted molar refractivity (Wildman–Crippen MR) is 54.7 cm³/mol. The Morgan fingerprint density at radius 1 is 1.69 bits per heavy atom. The van der Waals surface area contributed by atoms with Crippen molar-refractivity contribution >= 4 is 11.3 Å². The van der Waals surface area contributed by atoms with Crippen LogP contribution in [-0.4, -0.2) is 22.7 Å². The zero-order valence-corrected chi connectivity index (χ0v) is 8.68. The minimum atomic E-state index is 0.281. The number of thiazole rings is 1. The van der Waals surface area contributed by atoms with Gasteiger partial charge in [0.1, 0.15) is 5.01 Å². The fourth-order valence-corrected chi connectivity index (χ4v) is 1.67. The zero-order chi connectivity index (χ0) is 9.52. The lowest BCUT2D eigenvalue weighted by Crippen LogP contribution is -2.25. The number of aliphatic hydroxyl groups is 1. The van der Waals surface area contributed by atoms with Crippen molar-refractivity contribution in [3.8, 4) is 0 Å². The average Bonchev–Trinajstić information content (AvgIpc) is 2.64. The van der Waals surface area contributed by atoms with E-state index in [0.717, 1.165) is 24.4 Å². The summed E-state index contributed by atoms with van der Waals surface area (Å²) in [5, 5.41) is 15.1. The highest BCUT2D eigenvalue weighted by Crippen LogP contribution is 2.04. The second-order valence-corrected chi connectivity index (χ2v) is 4.05. The largest absolute Gasteiger partial charge is 0.396 e. The van der Waals surface area contributed by atoms with E-state index < -0.39 is 0 Å². The van der Waals surface area contributed by atoms with Crippen molar-refractivity contribution in [1.29, 1.82) is 0 Å². The summed E-state index contributed by atoms with van der Waals surface area (Å²) in [6, 6.07) is 0.455. The molecule has 0 saturated heterocycles. The number of nitrogens with one attached hydrogen (secondary N) is 1. The maximum Gasteiger partial charge on any atom is 0.106 e. The van der Waals surface area contributed by atoms with Crippen LogP contribution < -0.4 is 5.32 Å². The Kier molecular flexibility index (Phi) is 4.97. The summed E-state index contributed by atoms with van der Waals surface area (Å²) in [7, 11) is 0. The van der Waals surface area contributed by atoms with Crippen LogP contribution in [0.3, 0.4) is 0 Å². The maximum absolute atomic E-state index is 8.63. The summed E-state index contributed by atoms with van der Waals surface area (Å²) < 4.78 is 0. The molecule has 1 heterocycles. The number of aromatic nitrogens is 1. The molecular weight excluding hydrogens is 184 g/mol. The van der Waals surface area contributed by atoms with Gasteiger partial charge in [-0.05, 0) is 19.8 Å². The van der Waals surface area contributed by atoms with E-state index in [0.29, 0.717) is 6.04 Å². The van der Waals surface area contributed by atoms with Crippen molar-refractivity contribution in [1.82, 2.24) is 10.3 Å². The number of hydrogen-bond donors (Lipinski definition) is 2. The van der Waals surface area contributed by atoms with Gasteiger partial charge in [-0.2, -0.15) is 0 Å². The van der Waals surface area contributed by atoms with Gasteiger partial charge >= 0.3 is 0 Å². The van der Waals surface area contributed by atoms with E-state index in [2.05, 4.69) is 17.2 Å². The molecule has 0 fully saturated rings. The van der Waals surface area contributed by atoms with Gasteiger partial charge in [0, 0.05) is 30.8 Å². The first kappa shape index (κ1) is 10.6. The molecule has 0 saturated carbocycles. The van der Waals surface area contributed by atoms with Crippen LogP contribution >= 0.6 is 11.3 Å². The molecule has 74 valence electrons. The van der Waals surface area contributed by atoms with Gasteiger partial charge in [0.2, 0.25) is 0 Å². The highest BCUT2D eigenvalue weighted by molar-refractivity contribution is 7.09. The van der Waals surface area contributed by atoms with Crippen LogP contribution in [-0.2, 0) is 6.54 Å². The molecule has 0 radical (unpaired) electrons. The molecule has 2 N–H and O–H groups in total. The molecule has 0 aliphatic carbocycles. The number of aliphatic hydroxyl groups excluding tert-OH is 1. The van der Waals surface area contributed by atoms with E-state index in [1.165, 1.54) is 0 Å². The fourth-order valence-electron chi connectivity index (χ4n) is 1.10. The van der Waals surface area contributed by atoms with Gasteiger partial charge in [0.25, 0.3) is 0 Å². The molecule has 1 unspecified atom stereocenters. The molecule has 1 aromatic rings. The minimum absolute atomic E-state index is 0.281. The highest BCUT2D eigenvalue weighted by Gasteiger charge is 2.01. The van der Waals surface area contributed by atoms with Crippen LogP contribution in [0.4, 0.5) is 0 Å². The molecule has 0 amide bonds. The Balaban J connectivity index is 2.11. The van der Waals surface area contributed by atoms with Gasteiger partial charge < -0.3 is 10.4 Å². The molecule has 1 rings (SSSR count). The number of rotatable bonds is 6.